The van der Waals surface area contributed by atoms with Crippen molar-refractivity contribution in [1.82, 2.24) is 9.78 Å². The van der Waals surface area contributed by atoms with Crippen molar-refractivity contribution in [2.75, 3.05) is 0 Å². The van der Waals surface area contributed by atoms with Gasteiger partial charge in [-0.25, -0.2) is 0 Å². The van der Waals surface area contributed by atoms with Crippen LogP contribution in [0, 0.1) is 0 Å². The molecule has 0 aromatic carbocycles. The molecule has 0 spiro atoms. The Bertz CT molecular complexity index is 296. The van der Waals surface area contributed by atoms with Crippen molar-refractivity contribution >= 4 is 15.9 Å². The first kappa shape index (κ1) is 12.7. The lowest BCUT2D eigenvalue weighted by Crippen LogP contribution is -2.16. The van der Waals surface area contributed by atoms with Gasteiger partial charge in [-0.05, 0) is 29.3 Å². The normalized spacial score (nSPS) is 13.1. The lowest BCUT2D eigenvalue weighted by molar-refractivity contribution is 0.520. The average Bonchev–Trinajstić information content (AvgIpc) is 2.59. The molecular weight excluding hydrogens is 254 g/mol. The lowest BCUT2D eigenvalue weighted by atomic mass is 10.1. The van der Waals surface area contributed by atoms with Crippen molar-refractivity contribution < 1.29 is 0 Å². The summed E-state index contributed by atoms with van der Waals surface area (Å²) < 4.78 is 3.01. The molecule has 0 aliphatic carbocycles. The zero-order chi connectivity index (χ0) is 11.3. The van der Waals surface area contributed by atoms with Crippen molar-refractivity contribution in [2.24, 2.45) is 5.73 Å². The van der Waals surface area contributed by atoms with E-state index >= 15 is 0 Å². The first-order valence-corrected chi connectivity index (χ1v) is 6.46. The highest BCUT2D eigenvalue weighted by molar-refractivity contribution is 9.10. The van der Waals surface area contributed by atoms with Gasteiger partial charge >= 0.3 is 0 Å². The number of aromatic nitrogens is 2. The topological polar surface area (TPSA) is 43.8 Å². The van der Waals surface area contributed by atoms with Crippen LogP contribution in [0.3, 0.4) is 0 Å². The number of aryl methyl sites for hydroxylation is 1. The van der Waals surface area contributed by atoms with Gasteiger partial charge in [0.2, 0.25) is 0 Å². The van der Waals surface area contributed by atoms with E-state index in [2.05, 4.69) is 34.9 Å². The first-order valence-electron chi connectivity index (χ1n) is 5.67. The zero-order valence-corrected chi connectivity index (χ0v) is 11.1. The summed E-state index contributed by atoms with van der Waals surface area (Å²) in [4.78, 5) is 0. The quantitative estimate of drug-likeness (QED) is 0.809. The Morgan fingerprint density at radius 3 is 2.80 bits per heavy atom. The van der Waals surface area contributed by atoms with E-state index in [-0.39, 0.29) is 6.04 Å². The van der Waals surface area contributed by atoms with Crippen LogP contribution in [-0.4, -0.2) is 9.78 Å². The molecule has 86 valence electrons. The molecule has 1 atom stereocenters. The third-order valence-electron chi connectivity index (χ3n) is 2.60. The van der Waals surface area contributed by atoms with Crippen molar-refractivity contribution in [1.29, 1.82) is 0 Å². The Hall–Kier alpha value is -0.350. The predicted octanol–water partition coefficient (Wildman–Crippen LogP) is 3.25. The summed E-state index contributed by atoms with van der Waals surface area (Å²) >= 11 is 3.50. The maximum atomic E-state index is 6.17. The van der Waals surface area contributed by atoms with Crippen LogP contribution in [-0.2, 0) is 6.54 Å². The molecule has 3 nitrogen and oxygen atoms in total. The van der Waals surface area contributed by atoms with E-state index < -0.39 is 0 Å². The SMILES string of the molecule is CCCCCC(N)c1c(Br)cnn1CC. The second-order valence-corrected chi connectivity index (χ2v) is 4.65. The highest BCUT2D eigenvalue weighted by Gasteiger charge is 2.15. The van der Waals surface area contributed by atoms with Gasteiger partial charge in [-0.15, -0.1) is 0 Å². The molecule has 0 fully saturated rings. The van der Waals surface area contributed by atoms with Crippen LogP contribution in [0.2, 0.25) is 0 Å². The fraction of sp³-hybridized carbons (Fsp3) is 0.727. The smallest absolute Gasteiger partial charge is 0.0693 e. The van der Waals surface area contributed by atoms with E-state index in [1.54, 1.807) is 0 Å². The van der Waals surface area contributed by atoms with Crippen LogP contribution in [0.4, 0.5) is 0 Å². The Kier molecular flexibility index (Phi) is 5.32. The summed E-state index contributed by atoms with van der Waals surface area (Å²) in [5.41, 5.74) is 7.30. The Morgan fingerprint density at radius 2 is 2.20 bits per heavy atom. The summed E-state index contributed by atoms with van der Waals surface area (Å²) in [7, 11) is 0. The Morgan fingerprint density at radius 1 is 1.47 bits per heavy atom. The molecule has 4 heteroatoms. The van der Waals surface area contributed by atoms with E-state index in [9.17, 15) is 0 Å². The summed E-state index contributed by atoms with van der Waals surface area (Å²) in [6.45, 7) is 5.17. The average molecular weight is 274 g/mol. The molecule has 0 bridgehead atoms. The van der Waals surface area contributed by atoms with E-state index in [1.165, 1.54) is 19.3 Å². The molecule has 1 rings (SSSR count). The Labute approximate surface area is 100 Å². The number of nitrogens with two attached hydrogens (primary N) is 1. The highest BCUT2D eigenvalue weighted by atomic mass is 79.9. The number of nitrogens with zero attached hydrogens (tertiary/aromatic N) is 2. The van der Waals surface area contributed by atoms with E-state index in [1.807, 2.05) is 10.9 Å². The molecule has 0 radical (unpaired) electrons. The lowest BCUT2D eigenvalue weighted by Gasteiger charge is -2.13. The molecule has 1 aromatic rings. The van der Waals surface area contributed by atoms with Crippen LogP contribution in [0.5, 0.6) is 0 Å². The summed E-state index contributed by atoms with van der Waals surface area (Å²) in [5.74, 6) is 0. The molecule has 0 amide bonds. The largest absolute Gasteiger partial charge is 0.323 e. The number of rotatable bonds is 6. The molecule has 0 saturated heterocycles. The van der Waals surface area contributed by atoms with Crippen molar-refractivity contribution in [3.05, 3.63) is 16.4 Å². The van der Waals surface area contributed by atoms with Crippen molar-refractivity contribution in [3.8, 4) is 0 Å². The van der Waals surface area contributed by atoms with Gasteiger partial charge in [-0.1, -0.05) is 26.2 Å². The van der Waals surface area contributed by atoms with Crippen LogP contribution in [0.1, 0.15) is 51.3 Å². The zero-order valence-electron chi connectivity index (χ0n) is 9.54. The van der Waals surface area contributed by atoms with Gasteiger partial charge in [-0.2, -0.15) is 5.10 Å². The van der Waals surface area contributed by atoms with E-state index in [0.717, 1.165) is 23.1 Å². The van der Waals surface area contributed by atoms with Gasteiger partial charge in [-0.3, -0.25) is 4.68 Å². The number of unbranched alkanes of at least 4 members (excludes halogenated alkanes) is 2. The van der Waals surface area contributed by atoms with Gasteiger partial charge in [0.1, 0.15) is 0 Å². The van der Waals surface area contributed by atoms with E-state index in [0.29, 0.717) is 0 Å². The summed E-state index contributed by atoms with van der Waals surface area (Å²) in [6, 6.07) is 0.105. The molecule has 0 aliphatic rings. The number of hydrogen-bond donors (Lipinski definition) is 1. The summed E-state index contributed by atoms with van der Waals surface area (Å²) in [5, 5.41) is 4.27. The van der Waals surface area contributed by atoms with Crippen LogP contribution in [0.25, 0.3) is 0 Å². The minimum atomic E-state index is 0.105. The second-order valence-electron chi connectivity index (χ2n) is 3.80. The summed E-state index contributed by atoms with van der Waals surface area (Å²) in [6.07, 6.45) is 6.56. The maximum Gasteiger partial charge on any atom is 0.0693 e. The standard InChI is InChI=1S/C11H20BrN3/c1-3-5-6-7-10(13)11-9(12)8-14-15(11)4-2/h8,10H,3-7,13H2,1-2H3. The fourth-order valence-electron chi connectivity index (χ4n) is 1.74. The fourth-order valence-corrected chi connectivity index (χ4v) is 2.33. The molecule has 1 unspecified atom stereocenters. The Balaban J connectivity index is 2.63. The first-order chi connectivity index (χ1) is 7.20. The van der Waals surface area contributed by atoms with Crippen LogP contribution in [0.15, 0.2) is 10.7 Å². The predicted molar refractivity (Wildman–Crippen MR) is 66.7 cm³/mol. The maximum absolute atomic E-state index is 6.17. The molecule has 0 aliphatic heterocycles. The molecule has 2 N–H and O–H groups in total. The molecule has 1 heterocycles. The van der Waals surface area contributed by atoms with Gasteiger partial charge in [0.15, 0.2) is 0 Å². The minimum Gasteiger partial charge on any atom is -0.323 e. The van der Waals surface area contributed by atoms with Gasteiger partial charge in [0, 0.05) is 12.6 Å². The number of halogens is 1. The third-order valence-corrected chi connectivity index (χ3v) is 3.21. The third kappa shape index (κ3) is 3.31. The van der Waals surface area contributed by atoms with E-state index in [4.69, 9.17) is 5.73 Å². The molecule has 0 saturated carbocycles. The highest BCUT2D eigenvalue weighted by Crippen LogP contribution is 2.25. The van der Waals surface area contributed by atoms with Crippen LogP contribution >= 0.6 is 15.9 Å². The van der Waals surface area contributed by atoms with Crippen LogP contribution < -0.4 is 5.73 Å². The number of hydrogen-bond acceptors (Lipinski definition) is 2. The molecule has 15 heavy (non-hydrogen) atoms. The molecular formula is C11H20BrN3. The van der Waals surface area contributed by atoms with Gasteiger partial charge in [0.25, 0.3) is 0 Å². The molecule has 1 aromatic heterocycles. The monoisotopic (exact) mass is 273 g/mol. The van der Waals surface area contributed by atoms with Crippen molar-refractivity contribution in [2.45, 2.75) is 52.1 Å². The van der Waals surface area contributed by atoms with Gasteiger partial charge < -0.3 is 5.73 Å². The van der Waals surface area contributed by atoms with Crippen molar-refractivity contribution in [3.63, 3.8) is 0 Å². The van der Waals surface area contributed by atoms with Gasteiger partial charge in [0.05, 0.1) is 16.4 Å². The minimum absolute atomic E-state index is 0.105. The second kappa shape index (κ2) is 6.28.